The van der Waals surface area contributed by atoms with Crippen LogP contribution in [-0.2, 0) is 13.0 Å². The molecule has 208 valence electrons. The molecule has 1 N–H and O–H groups in total. The summed E-state index contributed by atoms with van der Waals surface area (Å²) in [5.74, 6) is 0.839. The molecule has 3 aromatic carbocycles. The van der Waals surface area contributed by atoms with Gasteiger partial charge in [-0.1, -0.05) is 60.7 Å². The van der Waals surface area contributed by atoms with E-state index in [1.807, 2.05) is 35.4 Å². The SMILES string of the molecule is CCN(C(=O)NC(CCc1cccc(OCc2cccnc2)c1)c1cccc2ccccc12)C1CCN(C)CC1. The smallest absolute Gasteiger partial charge is 0.318 e. The second-order valence-electron chi connectivity index (χ2n) is 10.7. The molecule has 1 aromatic heterocycles. The number of pyridine rings is 1. The lowest BCUT2D eigenvalue weighted by Gasteiger charge is -2.37. The highest BCUT2D eigenvalue weighted by atomic mass is 16.5. The predicted molar refractivity (Wildman–Crippen MR) is 161 cm³/mol. The van der Waals surface area contributed by atoms with E-state index in [4.69, 9.17) is 4.74 Å². The molecule has 4 aromatic rings. The summed E-state index contributed by atoms with van der Waals surface area (Å²) in [4.78, 5) is 22.3. The number of amides is 2. The van der Waals surface area contributed by atoms with Crippen LogP contribution in [0.5, 0.6) is 5.75 Å². The van der Waals surface area contributed by atoms with Crippen LogP contribution < -0.4 is 10.1 Å². The number of aryl methyl sites for hydroxylation is 1. The number of piperidine rings is 1. The second kappa shape index (κ2) is 13.4. The van der Waals surface area contributed by atoms with Gasteiger partial charge in [0, 0.05) is 30.5 Å². The van der Waals surface area contributed by atoms with Crippen molar-refractivity contribution < 1.29 is 9.53 Å². The van der Waals surface area contributed by atoms with Crippen LogP contribution in [0.4, 0.5) is 4.79 Å². The van der Waals surface area contributed by atoms with Gasteiger partial charge in [-0.15, -0.1) is 0 Å². The Balaban J connectivity index is 1.33. The van der Waals surface area contributed by atoms with Crippen molar-refractivity contribution in [3.63, 3.8) is 0 Å². The maximum atomic E-state index is 13.7. The molecule has 0 saturated carbocycles. The maximum absolute atomic E-state index is 13.7. The Morgan fingerprint density at radius 3 is 2.60 bits per heavy atom. The third-order valence-corrected chi connectivity index (χ3v) is 7.98. The Morgan fingerprint density at radius 2 is 1.80 bits per heavy atom. The molecule has 6 nitrogen and oxygen atoms in total. The van der Waals surface area contributed by atoms with Crippen molar-refractivity contribution in [1.82, 2.24) is 20.1 Å². The molecule has 1 saturated heterocycles. The topological polar surface area (TPSA) is 57.7 Å². The second-order valence-corrected chi connectivity index (χ2v) is 10.7. The van der Waals surface area contributed by atoms with E-state index in [1.165, 1.54) is 16.3 Å². The molecule has 0 aliphatic carbocycles. The minimum absolute atomic E-state index is 0.0311. The predicted octanol–water partition coefficient (Wildman–Crippen LogP) is 6.61. The molecule has 0 radical (unpaired) electrons. The number of fused-ring (bicyclic) bond motifs is 1. The van der Waals surface area contributed by atoms with Crippen LogP contribution in [0.25, 0.3) is 10.8 Å². The Bertz CT molecular complexity index is 1380. The van der Waals surface area contributed by atoms with Gasteiger partial charge in [-0.05, 0) is 92.8 Å². The van der Waals surface area contributed by atoms with Gasteiger partial charge in [0.15, 0.2) is 0 Å². The molecule has 0 spiro atoms. The fourth-order valence-corrected chi connectivity index (χ4v) is 5.72. The number of hydrogen-bond donors (Lipinski definition) is 1. The molecular formula is C34H40N4O2. The van der Waals surface area contributed by atoms with Crippen LogP contribution in [0.15, 0.2) is 91.3 Å². The molecule has 1 aliphatic heterocycles. The van der Waals surface area contributed by atoms with Gasteiger partial charge in [0.2, 0.25) is 0 Å². The van der Waals surface area contributed by atoms with Crippen LogP contribution >= 0.6 is 0 Å². The lowest BCUT2D eigenvalue weighted by atomic mass is 9.94. The number of ether oxygens (including phenoxy) is 1. The summed E-state index contributed by atoms with van der Waals surface area (Å²) in [5.41, 5.74) is 3.39. The zero-order valence-electron chi connectivity index (χ0n) is 23.6. The Morgan fingerprint density at radius 1 is 1.02 bits per heavy atom. The van der Waals surface area contributed by atoms with Gasteiger partial charge in [0.1, 0.15) is 12.4 Å². The lowest BCUT2D eigenvalue weighted by Crippen LogP contribution is -2.50. The molecule has 2 amide bonds. The number of nitrogens with zero attached hydrogens (tertiary/aromatic N) is 3. The third kappa shape index (κ3) is 6.99. The fourth-order valence-electron chi connectivity index (χ4n) is 5.72. The first-order valence-corrected chi connectivity index (χ1v) is 14.4. The Labute approximate surface area is 238 Å². The standard InChI is InChI=1S/C34H40N4O2/c1-3-38(29-18-21-37(2)22-19-29)34(39)36-33(32-15-7-12-28-11-4-5-14-31(28)32)17-16-26-9-6-13-30(23-26)40-25-27-10-8-20-35-24-27/h4-15,20,23-24,29,33H,3,16-19,21-22,25H2,1-2H3,(H,36,39). The lowest BCUT2D eigenvalue weighted by molar-refractivity contribution is 0.132. The van der Waals surface area contributed by atoms with Crippen LogP contribution in [0, 0.1) is 0 Å². The molecule has 1 fully saturated rings. The van der Waals surface area contributed by atoms with E-state index in [0.717, 1.165) is 55.6 Å². The van der Waals surface area contributed by atoms with Gasteiger partial charge in [-0.3, -0.25) is 4.98 Å². The molecule has 0 bridgehead atoms. The normalized spacial score (nSPS) is 15.1. The van der Waals surface area contributed by atoms with Gasteiger partial charge in [-0.2, -0.15) is 0 Å². The van der Waals surface area contributed by atoms with Gasteiger partial charge < -0.3 is 19.9 Å². The molecule has 5 rings (SSSR count). The molecule has 40 heavy (non-hydrogen) atoms. The van der Waals surface area contributed by atoms with Crippen molar-refractivity contribution in [1.29, 1.82) is 0 Å². The van der Waals surface area contributed by atoms with Crippen LogP contribution in [-0.4, -0.2) is 53.5 Å². The third-order valence-electron chi connectivity index (χ3n) is 7.98. The van der Waals surface area contributed by atoms with E-state index in [0.29, 0.717) is 13.2 Å². The summed E-state index contributed by atoms with van der Waals surface area (Å²) < 4.78 is 6.05. The quantitative estimate of drug-likeness (QED) is 0.248. The Kier molecular flexibility index (Phi) is 9.30. The van der Waals surface area contributed by atoms with Crippen LogP contribution in [0.2, 0.25) is 0 Å². The average molecular weight is 537 g/mol. The summed E-state index contributed by atoms with van der Waals surface area (Å²) in [6, 6.07) is 27.2. The van der Waals surface area contributed by atoms with E-state index >= 15 is 0 Å². The van der Waals surface area contributed by atoms with E-state index in [1.54, 1.807) is 6.20 Å². The minimum Gasteiger partial charge on any atom is -0.489 e. The van der Waals surface area contributed by atoms with Gasteiger partial charge >= 0.3 is 6.03 Å². The van der Waals surface area contributed by atoms with Crippen molar-refractivity contribution in [3.05, 3.63) is 108 Å². The number of hydrogen-bond acceptors (Lipinski definition) is 4. The molecular weight excluding hydrogens is 496 g/mol. The molecule has 1 unspecified atom stereocenters. The van der Waals surface area contributed by atoms with Crippen molar-refractivity contribution in [2.75, 3.05) is 26.7 Å². The number of nitrogens with one attached hydrogen (secondary N) is 1. The number of benzene rings is 3. The number of rotatable bonds is 10. The van der Waals surface area contributed by atoms with E-state index < -0.39 is 0 Å². The zero-order valence-corrected chi connectivity index (χ0v) is 23.6. The molecule has 1 aliphatic rings. The van der Waals surface area contributed by atoms with Gasteiger partial charge in [0.25, 0.3) is 0 Å². The first kappa shape index (κ1) is 27.7. The fraction of sp³-hybridized carbons (Fsp3) is 0.353. The van der Waals surface area contributed by atoms with E-state index in [-0.39, 0.29) is 18.1 Å². The van der Waals surface area contributed by atoms with Crippen LogP contribution in [0.1, 0.15) is 48.9 Å². The summed E-state index contributed by atoms with van der Waals surface area (Å²) >= 11 is 0. The first-order chi connectivity index (χ1) is 19.6. The molecule has 2 heterocycles. The van der Waals surface area contributed by atoms with Crippen LogP contribution in [0.3, 0.4) is 0 Å². The summed E-state index contributed by atoms with van der Waals surface area (Å²) in [5, 5.41) is 5.83. The molecule has 6 heteroatoms. The highest BCUT2D eigenvalue weighted by molar-refractivity contribution is 5.86. The molecule has 1 atom stereocenters. The van der Waals surface area contributed by atoms with Crippen molar-refractivity contribution in [3.8, 4) is 5.75 Å². The van der Waals surface area contributed by atoms with Gasteiger partial charge in [-0.25, -0.2) is 4.79 Å². The van der Waals surface area contributed by atoms with Crippen molar-refractivity contribution in [2.45, 2.75) is 51.3 Å². The van der Waals surface area contributed by atoms with E-state index in [9.17, 15) is 4.79 Å². The zero-order chi connectivity index (χ0) is 27.7. The highest BCUT2D eigenvalue weighted by Gasteiger charge is 2.28. The van der Waals surface area contributed by atoms with Crippen molar-refractivity contribution >= 4 is 16.8 Å². The first-order valence-electron chi connectivity index (χ1n) is 14.4. The van der Waals surface area contributed by atoms with E-state index in [2.05, 4.69) is 83.8 Å². The monoisotopic (exact) mass is 536 g/mol. The summed E-state index contributed by atoms with van der Waals surface area (Å²) in [6.45, 7) is 5.33. The number of likely N-dealkylation sites (tertiary alicyclic amines) is 1. The average Bonchev–Trinajstić information content (AvgIpc) is 3.00. The van der Waals surface area contributed by atoms with Gasteiger partial charge in [0.05, 0.1) is 6.04 Å². The summed E-state index contributed by atoms with van der Waals surface area (Å²) in [6.07, 6.45) is 7.23. The highest BCUT2D eigenvalue weighted by Crippen LogP contribution is 2.29. The largest absolute Gasteiger partial charge is 0.489 e. The number of carbonyl (C=O) groups excluding carboxylic acids is 1. The van der Waals surface area contributed by atoms with Crippen molar-refractivity contribution in [2.24, 2.45) is 0 Å². The Hall–Kier alpha value is -3.90. The maximum Gasteiger partial charge on any atom is 0.318 e. The minimum atomic E-state index is -0.112. The number of carbonyl (C=O) groups is 1. The number of urea groups is 1. The number of aromatic nitrogens is 1. The summed E-state index contributed by atoms with van der Waals surface area (Å²) in [7, 11) is 2.15.